The molecule has 0 radical (unpaired) electrons. The van der Waals surface area contributed by atoms with Crippen LogP contribution in [0, 0.1) is 11.6 Å². The van der Waals surface area contributed by atoms with Gasteiger partial charge in [-0.15, -0.1) is 0 Å². The molecule has 110 valence electrons. The molecule has 1 saturated heterocycles. The summed E-state index contributed by atoms with van der Waals surface area (Å²) in [5, 5.41) is 3.25. The van der Waals surface area contributed by atoms with Crippen LogP contribution < -0.4 is 5.32 Å². The molecule has 20 heavy (non-hydrogen) atoms. The fourth-order valence-electron chi connectivity index (χ4n) is 2.65. The number of halogens is 2. The Morgan fingerprint density at radius 2 is 1.85 bits per heavy atom. The molecule has 0 unspecified atom stereocenters. The molecule has 0 aliphatic carbocycles. The Morgan fingerprint density at radius 3 is 2.40 bits per heavy atom. The van der Waals surface area contributed by atoms with Gasteiger partial charge in [0, 0.05) is 24.2 Å². The van der Waals surface area contributed by atoms with Gasteiger partial charge in [-0.2, -0.15) is 0 Å². The lowest BCUT2D eigenvalue weighted by molar-refractivity contribution is 0.0641. The van der Waals surface area contributed by atoms with Crippen molar-refractivity contribution < 1.29 is 13.6 Å². The minimum atomic E-state index is -0.713. The van der Waals surface area contributed by atoms with Gasteiger partial charge in [-0.05, 0) is 44.5 Å². The van der Waals surface area contributed by atoms with E-state index in [4.69, 9.17) is 0 Å². The Hall–Kier alpha value is -1.49. The quantitative estimate of drug-likeness (QED) is 0.920. The molecule has 1 fully saturated rings. The van der Waals surface area contributed by atoms with Crippen molar-refractivity contribution in [3.05, 3.63) is 35.4 Å². The van der Waals surface area contributed by atoms with E-state index in [1.54, 1.807) is 4.90 Å². The zero-order valence-corrected chi connectivity index (χ0v) is 11.7. The highest BCUT2D eigenvalue weighted by molar-refractivity contribution is 5.94. The first-order chi connectivity index (χ1) is 9.61. The molecule has 0 atom stereocenters. The van der Waals surface area contributed by atoms with Crippen molar-refractivity contribution in [3.8, 4) is 0 Å². The van der Waals surface area contributed by atoms with Gasteiger partial charge < -0.3 is 10.2 Å². The van der Waals surface area contributed by atoms with Crippen LogP contribution in [-0.4, -0.2) is 36.5 Å². The number of nitrogens with zero attached hydrogens (tertiary/aromatic N) is 1. The number of carbonyl (C=O) groups excluding carboxylic acids is 1. The average Bonchev–Trinajstić information content (AvgIpc) is 2.44. The molecule has 0 bridgehead atoms. The number of piperidine rings is 1. The Bertz CT molecular complexity index is 453. The van der Waals surface area contributed by atoms with Crippen molar-refractivity contribution in [1.82, 2.24) is 10.2 Å². The van der Waals surface area contributed by atoms with E-state index in [2.05, 4.69) is 5.32 Å². The highest BCUT2D eigenvalue weighted by atomic mass is 19.1. The number of amides is 1. The lowest BCUT2D eigenvalue weighted by Crippen LogP contribution is -2.46. The van der Waals surface area contributed by atoms with E-state index < -0.39 is 11.6 Å². The van der Waals surface area contributed by atoms with Crippen molar-refractivity contribution in [2.45, 2.75) is 32.2 Å². The van der Waals surface area contributed by atoms with Crippen LogP contribution in [-0.2, 0) is 0 Å². The highest BCUT2D eigenvalue weighted by Gasteiger charge is 2.26. The van der Waals surface area contributed by atoms with Crippen LogP contribution in [0.4, 0.5) is 8.78 Å². The Morgan fingerprint density at radius 1 is 1.25 bits per heavy atom. The molecule has 2 rings (SSSR count). The predicted molar refractivity (Wildman–Crippen MR) is 73.6 cm³/mol. The van der Waals surface area contributed by atoms with Crippen LogP contribution >= 0.6 is 0 Å². The summed E-state index contributed by atoms with van der Waals surface area (Å²) in [6, 6.07) is 3.14. The SMILES string of the molecule is CCCN(C(=O)c1cc(F)cc(F)c1)C1CCNCC1. The first-order valence-corrected chi connectivity index (χ1v) is 7.09. The van der Waals surface area contributed by atoms with Gasteiger partial charge >= 0.3 is 0 Å². The predicted octanol–water partition coefficient (Wildman–Crippen LogP) is 2.57. The summed E-state index contributed by atoms with van der Waals surface area (Å²) < 4.78 is 26.5. The van der Waals surface area contributed by atoms with Crippen molar-refractivity contribution in [2.75, 3.05) is 19.6 Å². The number of nitrogens with one attached hydrogen (secondary N) is 1. The molecule has 1 aliphatic heterocycles. The number of hydrogen-bond donors (Lipinski definition) is 1. The van der Waals surface area contributed by atoms with E-state index in [0.29, 0.717) is 6.54 Å². The third kappa shape index (κ3) is 3.54. The van der Waals surface area contributed by atoms with E-state index in [0.717, 1.165) is 50.6 Å². The van der Waals surface area contributed by atoms with Crippen molar-refractivity contribution in [3.63, 3.8) is 0 Å². The van der Waals surface area contributed by atoms with Gasteiger partial charge in [0.25, 0.3) is 5.91 Å². The fourth-order valence-corrected chi connectivity index (χ4v) is 2.65. The summed E-state index contributed by atoms with van der Waals surface area (Å²) in [5.41, 5.74) is 0.0921. The second-order valence-electron chi connectivity index (χ2n) is 5.14. The molecule has 1 amide bonds. The third-order valence-corrected chi connectivity index (χ3v) is 3.58. The minimum Gasteiger partial charge on any atom is -0.336 e. The highest BCUT2D eigenvalue weighted by Crippen LogP contribution is 2.17. The molecule has 5 heteroatoms. The lowest BCUT2D eigenvalue weighted by Gasteiger charge is -2.34. The van der Waals surface area contributed by atoms with Gasteiger partial charge in [0.05, 0.1) is 0 Å². The Balaban J connectivity index is 2.20. The fraction of sp³-hybridized carbons (Fsp3) is 0.533. The van der Waals surface area contributed by atoms with Gasteiger partial charge in [0.1, 0.15) is 11.6 Å². The van der Waals surface area contributed by atoms with Crippen LogP contribution in [0.1, 0.15) is 36.5 Å². The number of rotatable bonds is 4. The normalized spacial score (nSPS) is 16.1. The molecule has 0 aromatic heterocycles. The smallest absolute Gasteiger partial charge is 0.254 e. The van der Waals surface area contributed by atoms with Crippen molar-refractivity contribution in [1.29, 1.82) is 0 Å². The van der Waals surface area contributed by atoms with Gasteiger partial charge in [-0.3, -0.25) is 4.79 Å². The molecule has 1 heterocycles. The zero-order valence-electron chi connectivity index (χ0n) is 11.7. The van der Waals surface area contributed by atoms with E-state index >= 15 is 0 Å². The summed E-state index contributed by atoms with van der Waals surface area (Å²) in [6.07, 6.45) is 2.58. The van der Waals surface area contributed by atoms with Gasteiger partial charge in [0.2, 0.25) is 0 Å². The Kier molecular flexibility index (Phi) is 5.06. The van der Waals surface area contributed by atoms with Crippen molar-refractivity contribution >= 4 is 5.91 Å². The molecule has 0 spiro atoms. The van der Waals surface area contributed by atoms with Gasteiger partial charge in [0.15, 0.2) is 0 Å². The summed E-state index contributed by atoms with van der Waals surface area (Å²) in [6.45, 7) is 4.35. The molecular formula is C15H20F2N2O. The largest absolute Gasteiger partial charge is 0.336 e. The van der Waals surface area contributed by atoms with Crippen LogP contribution in [0.3, 0.4) is 0 Å². The summed E-state index contributed by atoms with van der Waals surface area (Å²) in [4.78, 5) is 14.3. The maximum Gasteiger partial charge on any atom is 0.254 e. The molecule has 1 aliphatic rings. The van der Waals surface area contributed by atoms with E-state index in [1.807, 2.05) is 6.92 Å². The molecule has 1 aromatic carbocycles. The van der Waals surface area contributed by atoms with E-state index in [1.165, 1.54) is 0 Å². The van der Waals surface area contributed by atoms with Gasteiger partial charge in [-0.25, -0.2) is 8.78 Å². The molecule has 0 saturated carbocycles. The second-order valence-corrected chi connectivity index (χ2v) is 5.14. The maximum absolute atomic E-state index is 13.3. The summed E-state index contributed by atoms with van der Waals surface area (Å²) in [5.74, 6) is -1.71. The summed E-state index contributed by atoms with van der Waals surface area (Å²) >= 11 is 0. The lowest BCUT2D eigenvalue weighted by atomic mass is 10.0. The molecule has 1 N–H and O–H groups in total. The van der Waals surface area contributed by atoms with Crippen LogP contribution in [0.5, 0.6) is 0 Å². The minimum absolute atomic E-state index is 0.0921. The maximum atomic E-state index is 13.3. The second kappa shape index (κ2) is 6.79. The topological polar surface area (TPSA) is 32.3 Å². The van der Waals surface area contributed by atoms with Gasteiger partial charge in [-0.1, -0.05) is 6.92 Å². The number of carbonyl (C=O) groups is 1. The van der Waals surface area contributed by atoms with Crippen LogP contribution in [0.15, 0.2) is 18.2 Å². The molecular weight excluding hydrogens is 262 g/mol. The van der Waals surface area contributed by atoms with E-state index in [-0.39, 0.29) is 17.5 Å². The number of benzene rings is 1. The first kappa shape index (κ1) is 14.9. The third-order valence-electron chi connectivity index (χ3n) is 3.58. The standard InChI is InChI=1S/C15H20F2N2O/c1-2-7-19(14-3-5-18-6-4-14)15(20)11-8-12(16)10-13(17)9-11/h8-10,14,18H,2-7H2,1H3. The zero-order chi connectivity index (χ0) is 14.5. The first-order valence-electron chi connectivity index (χ1n) is 7.09. The average molecular weight is 282 g/mol. The Labute approximate surface area is 118 Å². The molecule has 1 aromatic rings. The van der Waals surface area contributed by atoms with Crippen LogP contribution in [0.2, 0.25) is 0 Å². The van der Waals surface area contributed by atoms with Crippen molar-refractivity contribution in [2.24, 2.45) is 0 Å². The monoisotopic (exact) mass is 282 g/mol. The number of hydrogen-bond acceptors (Lipinski definition) is 2. The summed E-state index contributed by atoms with van der Waals surface area (Å²) in [7, 11) is 0. The molecule has 3 nitrogen and oxygen atoms in total. The van der Waals surface area contributed by atoms with E-state index in [9.17, 15) is 13.6 Å². The van der Waals surface area contributed by atoms with Crippen LogP contribution in [0.25, 0.3) is 0 Å².